The van der Waals surface area contributed by atoms with Gasteiger partial charge in [0.2, 0.25) is 0 Å². The minimum absolute atomic E-state index is 0.102. The van der Waals surface area contributed by atoms with Crippen molar-refractivity contribution < 1.29 is 14.3 Å². The van der Waals surface area contributed by atoms with Crippen molar-refractivity contribution >= 4 is 22.8 Å². The molecule has 2 unspecified atom stereocenters. The minimum atomic E-state index is -0.102. The van der Waals surface area contributed by atoms with Gasteiger partial charge < -0.3 is 20.1 Å². The number of anilines is 1. The smallest absolute Gasteiger partial charge is 0.161 e. The quantitative estimate of drug-likeness (QED) is 0.419. The highest BCUT2D eigenvalue weighted by molar-refractivity contribution is 7.08. The average Bonchev–Trinajstić information content (AvgIpc) is 3.34. The monoisotopic (exact) mass is 450 g/mol. The number of hydrogen-bond donors (Lipinski definition) is 2. The van der Waals surface area contributed by atoms with E-state index in [-0.39, 0.29) is 17.7 Å². The first-order valence-electron chi connectivity index (χ1n) is 11.1. The molecule has 2 aromatic carbocycles. The highest BCUT2D eigenvalue weighted by Gasteiger charge is 2.30. The second-order valence-corrected chi connectivity index (χ2v) is 8.81. The maximum atomic E-state index is 13.3. The number of fused-ring (bicyclic) bond motifs is 1. The van der Waals surface area contributed by atoms with E-state index in [4.69, 9.17) is 9.47 Å². The van der Waals surface area contributed by atoms with Crippen molar-refractivity contribution in [2.24, 2.45) is 5.92 Å². The number of benzene rings is 2. The van der Waals surface area contributed by atoms with Crippen LogP contribution in [0.3, 0.4) is 0 Å². The lowest BCUT2D eigenvalue weighted by Gasteiger charge is -2.33. The molecule has 6 heteroatoms. The third-order valence-corrected chi connectivity index (χ3v) is 6.64. The number of nitrogens with one attached hydrogen (secondary N) is 2. The first-order chi connectivity index (χ1) is 15.7. The number of carbonyl (C=O) groups excluding carboxylic acids is 1. The molecule has 0 spiro atoms. The van der Waals surface area contributed by atoms with Gasteiger partial charge in [0.25, 0.3) is 0 Å². The standard InChI is InChI=1S/C26H30N2O3S/c1-30-25-8-4-5-9-26(25)31-14-13-27-17-21(24(29)16-19-12-15-32-18-19)23-11-10-20-6-2-3-7-22(20)28-23/h2-9,12,15,18,21,23,27-28H,10-11,13-14,16-17H2,1H3. The van der Waals surface area contributed by atoms with E-state index in [0.717, 1.165) is 35.6 Å². The molecular formula is C26H30N2O3S. The number of Topliss-reactive ketones (excluding diaryl/α,β-unsaturated/α-hetero) is 1. The molecule has 0 fully saturated rings. The number of para-hydroxylation sites is 3. The summed E-state index contributed by atoms with van der Waals surface area (Å²) in [6.45, 7) is 1.79. The molecule has 0 aliphatic carbocycles. The van der Waals surface area contributed by atoms with Gasteiger partial charge in [0.15, 0.2) is 11.5 Å². The summed E-state index contributed by atoms with van der Waals surface area (Å²) in [6, 6.07) is 18.2. The topological polar surface area (TPSA) is 59.6 Å². The van der Waals surface area contributed by atoms with Crippen molar-refractivity contribution in [1.82, 2.24) is 5.32 Å². The summed E-state index contributed by atoms with van der Waals surface area (Å²) in [7, 11) is 1.64. The van der Waals surface area contributed by atoms with Crippen molar-refractivity contribution in [2.75, 3.05) is 32.1 Å². The van der Waals surface area contributed by atoms with Crippen LogP contribution in [0, 0.1) is 5.92 Å². The summed E-state index contributed by atoms with van der Waals surface area (Å²) in [5, 5.41) is 11.2. The van der Waals surface area contributed by atoms with Crippen LogP contribution in [0.2, 0.25) is 0 Å². The summed E-state index contributed by atoms with van der Waals surface area (Å²) < 4.78 is 11.2. The molecule has 0 bridgehead atoms. The summed E-state index contributed by atoms with van der Waals surface area (Å²) in [6.07, 6.45) is 2.43. The first-order valence-corrected chi connectivity index (χ1v) is 12.0. The van der Waals surface area contributed by atoms with Crippen LogP contribution >= 0.6 is 11.3 Å². The van der Waals surface area contributed by atoms with Crippen LogP contribution in [0.25, 0.3) is 0 Å². The van der Waals surface area contributed by atoms with Crippen molar-refractivity contribution in [1.29, 1.82) is 0 Å². The van der Waals surface area contributed by atoms with E-state index in [1.165, 1.54) is 5.56 Å². The number of hydrogen-bond acceptors (Lipinski definition) is 6. The number of ketones is 1. The van der Waals surface area contributed by atoms with Crippen LogP contribution in [0.1, 0.15) is 17.5 Å². The summed E-state index contributed by atoms with van der Waals surface area (Å²) in [5.74, 6) is 1.63. The highest BCUT2D eigenvalue weighted by atomic mass is 32.1. The number of aryl methyl sites for hydroxylation is 1. The van der Waals surface area contributed by atoms with Gasteiger partial charge in [-0.1, -0.05) is 30.3 Å². The number of thiophene rings is 1. The fourth-order valence-electron chi connectivity index (χ4n) is 4.20. The van der Waals surface area contributed by atoms with Crippen LogP contribution in [-0.4, -0.2) is 38.6 Å². The zero-order chi connectivity index (χ0) is 22.2. The van der Waals surface area contributed by atoms with E-state index in [0.29, 0.717) is 26.1 Å². The van der Waals surface area contributed by atoms with Crippen LogP contribution in [0.5, 0.6) is 11.5 Å². The largest absolute Gasteiger partial charge is 0.493 e. The Kier molecular flexibility index (Phi) is 7.80. The average molecular weight is 451 g/mol. The van der Waals surface area contributed by atoms with Crippen molar-refractivity contribution in [3.05, 3.63) is 76.5 Å². The van der Waals surface area contributed by atoms with Crippen LogP contribution in [0.15, 0.2) is 65.4 Å². The Morgan fingerprint density at radius 2 is 1.97 bits per heavy atom. The molecule has 3 aromatic rings. The third kappa shape index (κ3) is 5.69. The van der Waals surface area contributed by atoms with Crippen molar-refractivity contribution in [2.45, 2.75) is 25.3 Å². The fourth-order valence-corrected chi connectivity index (χ4v) is 4.87. The predicted molar refractivity (Wildman–Crippen MR) is 130 cm³/mol. The molecule has 2 heterocycles. The van der Waals surface area contributed by atoms with Gasteiger partial charge in [0.1, 0.15) is 12.4 Å². The van der Waals surface area contributed by atoms with Gasteiger partial charge in [0, 0.05) is 31.2 Å². The summed E-state index contributed by atoms with van der Waals surface area (Å²) in [5.41, 5.74) is 3.57. The maximum absolute atomic E-state index is 13.3. The van der Waals surface area contributed by atoms with E-state index in [2.05, 4.69) is 34.2 Å². The molecule has 1 aromatic heterocycles. The molecule has 32 heavy (non-hydrogen) atoms. The molecule has 2 atom stereocenters. The Balaban J connectivity index is 1.35. The molecule has 1 aliphatic heterocycles. The van der Waals surface area contributed by atoms with Crippen LogP contribution in [-0.2, 0) is 17.6 Å². The number of methoxy groups -OCH3 is 1. The van der Waals surface area contributed by atoms with E-state index in [1.54, 1.807) is 18.4 Å². The van der Waals surface area contributed by atoms with Gasteiger partial charge in [-0.25, -0.2) is 0 Å². The lowest BCUT2D eigenvalue weighted by Crippen LogP contribution is -2.44. The van der Waals surface area contributed by atoms with E-state index >= 15 is 0 Å². The Bertz CT molecular complexity index is 1010. The molecule has 5 nitrogen and oxygen atoms in total. The Morgan fingerprint density at radius 1 is 1.16 bits per heavy atom. The van der Waals surface area contributed by atoms with E-state index in [1.807, 2.05) is 41.8 Å². The molecule has 0 saturated heterocycles. The Labute approximate surface area is 193 Å². The van der Waals surface area contributed by atoms with Gasteiger partial charge in [-0.2, -0.15) is 11.3 Å². The molecule has 0 radical (unpaired) electrons. The first kappa shape index (κ1) is 22.4. The lowest BCUT2D eigenvalue weighted by atomic mass is 9.85. The van der Waals surface area contributed by atoms with Crippen molar-refractivity contribution in [3.8, 4) is 11.5 Å². The predicted octanol–water partition coefficient (Wildman–Crippen LogP) is 4.58. The fraction of sp³-hybridized carbons (Fsp3) is 0.346. The van der Waals surface area contributed by atoms with Crippen molar-refractivity contribution in [3.63, 3.8) is 0 Å². The molecule has 0 amide bonds. The van der Waals surface area contributed by atoms with E-state index in [9.17, 15) is 4.79 Å². The van der Waals surface area contributed by atoms with Crippen LogP contribution in [0.4, 0.5) is 5.69 Å². The SMILES string of the molecule is COc1ccccc1OCCNCC(C(=O)Cc1ccsc1)C1CCc2ccccc2N1. The Hall–Kier alpha value is -2.83. The molecule has 4 rings (SSSR count). The second-order valence-electron chi connectivity index (χ2n) is 8.03. The molecular weight excluding hydrogens is 420 g/mol. The van der Waals surface area contributed by atoms with Gasteiger partial charge in [-0.05, 0) is 59.0 Å². The molecule has 168 valence electrons. The van der Waals surface area contributed by atoms with Gasteiger partial charge in [-0.15, -0.1) is 0 Å². The van der Waals surface area contributed by atoms with Crippen LogP contribution < -0.4 is 20.1 Å². The zero-order valence-corrected chi connectivity index (χ0v) is 19.2. The summed E-state index contributed by atoms with van der Waals surface area (Å²) >= 11 is 1.63. The van der Waals surface area contributed by atoms with Gasteiger partial charge in [0.05, 0.1) is 13.0 Å². The second kappa shape index (κ2) is 11.2. The normalized spacial score (nSPS) is 16.0. The maximum Gasteiger partial charge on any atom is 0.161 e. The Morgan fingerprint density at radius 3 is 2.78 bits per heavy atom. The van der Waals surface area contributed by atoms with E-state index < -0.39 is 0 Å². The molecule has 1 aliphatic rings. The zero-order valence-electron chi connectivity index (χ0n) is 18.4. The molecule has 2 N–H and O–H groups in total. The third-order valence-electron chi connectivity index (χ3n) is 5.91. The highest BCUT2D eigenvalue weighted by Crippen LogP contribution is 2.29. The summed E-state index contributed by atoms with van der Waals surface area (Å²) in [4.78, 5) is 13.3. The minimum Gasteiger partial charge on any atom is -0.493 e. The lowest BCUT2D eigenvalue weighted by molar-refractivity contribution is -0.122. The number of carbonyl (C=O) groups is 1. The number of ether oxygens (including phenoxy) is 2. The van der Waals surface area contributed by atoms with Gasteiger partial charge in [-0.3, -0.25) is 4.79 Å². The van der Waals surface area contributed by atoms with Gasteiger partial charge >= 0.3 is 0 Å². The molecule has 0 saturated carbocycles. The number of rotatable bonds is 11.